The SMILES string of the molecule is CCNC(=NCCCc1ccc(Br)cc1F)NCCNC(=O)C1CC1.I. The van der Waals surface area contributed by atoms with Gasteiger partial charge >= 0.3 is 0 Å². The first-order valence-electron chi connectivity index (χ1n) is 8.84. The van der Waals surface area contributed by atoms with Gasteiger partial charge in [-0.25, -0.2) is 4.39 Å². The fourth-order valence-electron chi connectivity index (χ4n) is 2.38. The van der Waals surface area contributed by atoms with Crippen LogP contribution < -0.4 is 16.0 Å². The molecule has 1 aliphatic carbocycles. The van der Waals surface area contributed by atoms with E-state index in [4.69, 9.17) is 0 Å². The van der Waals surface area contributed by atoms with E-state index in [0.717, 1.165) is 36.2 Å². The maximum Gasteiger partial charge on any atom is 0.223 e. The maximum absolute atomic E-state index is 13.8. The summed E-state index contributed by atoms with van der Waals surface area (Å²) in [5.74, 6) is 0.926. The second-order valence-corrected chi connectivity index (χ2v) is 7.01. The first-order chi connectivity index (χ1) is 12.1. The van der Waals surface area contributed by atoms with E-state index in [1.165, 1.54) is 6.07 Å². The Kier molecular flexibility index (Phi) is 11.1. The third kappa shape index (κ3) is 8.66. The third-order valence-electron chi connectivity index (χ3n) is 3.90. The molecule has 2 rings (SSSR count). The van der Waals surface area contributed by atoms with Crippen molar-refractivity contribution in [1.82, 2.24) is 16.0 Å². The Morgan fingerprint density at radius 2 is 2.00 bits per heavy atom. The molecule has 8 heteroatoms. The quantitative estimate of drug-likeness (QED) is 0.195. The van der Waals surface area contributed by atoms with Crippen LogP contribution in [0.15, 0.2) is 27.7 Å². The fraction of sp³-hybridized carbons (Fsp3) is 0.556. The minimum atomic E-state index is -0.185. The van der Waals surface area contributed by atoms with Crippen LogP contribution >= 0.6 is 39.9 Å². The Bertz CT molecular complexity index is 611. The number of carbonyl (C=O) groups is 1. The number of guanidine groups is 1. The molecule has 3 N–H and O–H groups in total. The zero-order valence-electron chi connectivity index (χ0n) is 15.0. The number of nitrogens with zero attached hydrogens (tertiary/aromatic N) is 1. The van der Waals surface area contributed by atoms with E-state index in [2.05, 4.69) is 36.9 Å². The van der Waals surface area contributed by atoms with Gasteiger partial charge in [0.25, 0.3) is 0 Å². The summed E-state index contributed by atoms with van der Waals surface area (Å²) in [7, 11) is 0. The molecule has 5 nitrogen and oxygen atoms in total. The Hall–Kier alpha value is -0.900. The molecule has 0 aromatic heterocycles. The molecule has 1 saturated carbocycles. The van der Waals surface area contributed by atoms with Crippen LogP contribution in [0.25, 0.3) is 0 Å². The van der Waals surface area contributed by atoms with Crippen molar-refractivity contribution in [3.63, 3.8) is 0 Å². The summed E-state index contributed by atoms with van der Waals surface area (Å²) in [6, 6.07) is 5.14. The van der Waals surface area contributed by atoms with Crippen molar-refractivity contribution in [2.45, 2.75) is 32.6 Å². The lowest BCUT2D eigenvalue weighted by atomic mass is 10.1. The predicted molar refractivity (Wildman–Crippen MR) is 118 cm³/mol. The largest absolute Gasteiger partial charge is 0.357 e. The van der Waals surface area contributed by atoms with Crippen molar-refractivity contribution in [2.24, 2.45) is 10.9 Å². The van der Waals surface area contributed by atoms with Crippen LogP contribution in [0.5, 0.6) is 0 Å². The molecule has 1 aromatic carbocycles. The number of carbonyl (C=O) groups excluding carboxylic acids is 1. The average Bonchev–Trinajstić information content (AvgIpc) is 3.41. The van der Waals surface area contributed by atoms with Gasteiger partial charge in [-0.2, -0.15) is 0 Å². The number of aryl methyl sites for hydroxylation is 1. The third-order valence-corrected chi connectivity index (χ3v) is 4.39. The van der Waals surface area contributed by atoms with Gasteiger partial charge in [-0.1, -0.05) is 22.0 Å². The molecule has 1 aromatic rings. The average molecular weight is 541 g/mol. The fourth-order valence-corrected chi connectivity index (χ4v) is 2.72. The number of aliphatic imine (C=N–C) groups is 1. The first-order valence-corrected chi connectivity index (χ1v) is 9.63. The first kappa shape index (κ1) is 23.1. The van der Waals surface area contributed by atoms with Crippen LogP contribution in [-0.4, -0.2) is 38.0 Å². The Morgan fingerprint density at radius 1 is 1.27 bits per heavy atom. The van der Waals surface area contributed by atoms with Gasteiger partial charge in [0.2, 0.25) is 5.91 Å². The van der Waals surface area contributed by atoms with Gasteiger partial charge in [0.15, 0.2) is 5.96 Å². The zero-order chi connectivity index (χ0) is 18.1. The van der Waals surface area contributed by atoms with Crippen molar-refractivity contribution in [2.75, 3.05) is 26.2 Å². The Labute approximate surface area is 180 Å². The predicted octanol–water partition coefficient (Wildman–Crippen LogP) is 3.22. The smallest absolute Gasteiger partial charge is 0.223 e. The van der Waals surface area contributed by atoms with Crippen LogP contribution in [0, 0.1) is 11.7 Å². The summed E-state index contributed by atoms with van der Waals surface area (Å²) < 4.78 is 14.5. The van der Waals surface area contributed by atoms with Crippen molar-refractivity contribution < 1.29 is 9.18 Å². The molecule has 0 saturated heterocycles. The molecular formula is C18H27BrFIN4O. The standard InChI is InChI=1S/C18H26BrFN4O.HI/c1-2-21-18(24-11-10-22-17(25)14-5-6-14)23-9-3-4-13-7-8-15(19)12-16(13)20;/h7-8,12,14H,2-6,9-11H2,1H3,(H,22,25)(H2,21,23,24);1H. The maximum atomic E-state index is 13.8. The van der Waals surface area contributed by atoms with E-state index >= 15 is 0 Å². The second kappa shape index (κ2) is 12.5. The number of nitrogens with one attached hydrogen (secondary N) is 3. The minimum absolute atomic E-state index is 0. The molecule has 26 heavy (non-hydrogen) atoms. The van der Waals surface area contributed by atoms with E-state index in [1.807, 2.05) is 13.0 Å². The highest BCUT2D eigenvalue weighted by molar-refractivity contribution is 14.0. The molecular weight excluding hydrogens is 514 g/mol. The van der Waals surface area contributed by atoms with Crippen LogP contribution in [0.1, 0.15) is 31.7 Å². The minimum Gasteiger partial charge on any atom is -0.357 e. The van der Waals surface area contributed by atoms with Gasteiger partial charge in [0.1, 0.15) is 5.82 Å². The van der Waals surface area contributed by atoms with Crippen LogP contribution in [0.4, 0.5) is 4.39 Å². The lowest BCUT2D eigenvalue weighted by molar-refractivity contribution is -0.122. The highest BCUT2D eigenvalue weighted by atomic mass is 127. The molecule has 1 fully saturated rings. The van der Waals surface area contributed by atoms with Gasteiger partial charge < -0.3 is 16.0 Å². The van der Waals surface area contributed by atoms with E-state index in [9.17, 15) is 9.18 Å². The summed E-state index contributed by atoms with van der Waals surface area (Å²) in [6.07, 6.45) is 3.46. The molecule has 0 radical (unpaired) electrons. The van der Waals surface area contributed by atoms with Gasteiger partial charge in [-0.05, 0) is 50.3 Å². The molecule has 0 spiro atoms. The second-order valence-electron chi connectivity index (χ2n) is 6.09. The molecule has 0 bridgehead atoms. The van der Waals surface area contributed by atoms with Crippen LogP contribution in [0.3, 0.4) is 0 Å². The Balaban J connectivity index is 0.00000338. The summed E-state index contributed by atoms with van der Waals surface area (Å²) in [5.41, 5.74) is 0.708. The number of benzene rings is 1. The highest BCUT2D eigenvalue weighted by Crippen LogP contribution is 2.28. The lowest BCUT2D eigenvalue weighted by Gasteiger charge is -2.12. The van der Waals surface area contributed by atoms with Gasteiger partial charge in [0.05, 0.1) is 0 Å². The normalized spacial score (nSPS) is 13.7. The molecule has 0 unspecified atom stereocenters. The number of hydrogen-bond acceptors (Lipinski definition) is 2. The van der Waals surface area contributed by atoms with Crippen molar-refractivity contribution >= 4 is 51.8 Å². The van der Waals surface area contributed by atoms with Crippen LogP contribution in [-0.2, 0) is 11.2 Å². The topological polar surface area (TPSA) is 65.5 Å². The molecule has 0 heterocycles. The van der Waals surface area contributed by atoms with Crippen molar-refractivity contribution in [1.29, 1.82) is 0 Å². The van der Waals surface area contributed by atoms with Crippen molar-refractivity contribution in [3.05, 3.63) is 34.1 Å². The molecule has 1 amide bonds. The van der Waals surface area contributed by atoms with Gasteiger partial charge in [0, 0.05) is 36.6 Å². The van der Waals surface area contributed by atoms with E-state index in [1.54, 1.807) is 6.07 Å². The molecule has 1 aliphatic rings. The highest BCUT2D eigenvalue weighted by Gasteiger charge is 2.28. The summed E-state index contributed by atoms with van der Waals surface area (Å²) in [4.78, 5) is 16.0. The number of hydrogen-bond donors (Lipinski definition) is 3. The molecule has 0 aliphatic heterocycles. The summed E-state index contributed by atoms with van der Waals surface area (Å²) >= 11 is 3.26. The number of amides is 1. The monoisotopic (exact) mass is 540 g/mol. The van der Waals surface area contributed by atoms with Gasteiger partial charge in [-0.15, -0.1) is 24.0 Å². The number of rotatable bonds is 9. The summed E-state index contributed by atoms with van der Waals surface area (Å²) in [6.45, 7) is 4.60. The van der Waals surface area contributed by atoms with E-state index in [0.29, 0.717) is 31.6 Å². The van der Waals surface area contributed by atoms with E-state index in [-0.39, 0.29) is 41.6 Å². The van der Waals surface area contributed by atoms with Gasteiger partial charge in [-0.3, -0.25) is 9.79 Å². The zero-order valence-corrected chi connectivity index (χ0v) is 18.9. The summed E-state index contributed by atoms with van der Waals surface area (Å²) in [5, 5.41) is 9.28. The lowest BCUT2D eigenvalue weighted by Crippen LogP contribution is -2.41. The number of halogens is 3. The van der Waals surface area contributed by atoms with E-state index < -0.39 is 0 Å². The van der Waals surface area contributed by atoms with Crippen molar-refractivity contribution in [3.8, 4) is 0 Å². The molecule has 146 valence electrons. The Morgan fingerprint density at radius 3 is 2.65 bits per heavy atom. The molecule has 0 atom stereocenters. The van der Waals surface area contributed by atoms with Crippen LogP contribution in [0.2, 0.25) is 0 Å².